The largest absolute Gasteiger partial charge is 0.356 e. The van der Waals surface area contributed by atoms with Crippen LogP contribution < -0.4 is 5.32 Å². The fraction of sp³-hybridized carbons (Fsp3) is 0.231. The van der Waals surface area contributed by atoms with Gasteiger partial charge in [-0.2, -0.15) is 0 Å². The Morgan fingerprint density at radius 3 is 3.11 bits per heavy atom. The number of rotatable bonds is 4. The maximum Gasteiger partial charge on any atom is 0.201 e. The van der Waals surface area contributed by atoms with Crippen LogP contribution in [0.25, 0.3) is 21.6 Å². The molecule has 3 aromatic rings. The Kier molecular flexibility index (Phi) is 2.98. The van der Waals surface area contributed by atoms with Crippen LogP contribution in [0.5, 0.6) is 0 Å². The first-order valence-corrected chi connectivity index (χ1v) is 6.88. The molecule has 2 heterocycles. The number of H-pyrrole nitrogens is 1. The summed E-state index contributed by atoms with van der Waals surface area (Å²) in [5, 5.41) is 6.28. The first-order valence-electron chi connectivity index (χ1n) is 6.00. The summed E-state index contributed by atoms with van der Waals surface area (Å²) in [4.78, 5) is 12.1. The van der Waals surface area contributed by atoms with Crippen LogP contribution in [-0.2, 0) is 0 Å². The van der Waals surface area contributed by atoms with Crippen molar-refractivity contribution in [1.29, 1.82) is 0 Å². The van der Waals surface area contributed by atoms with E-state index in [1.165, 1.54) is 0 Å². The number of nitrogens with one attached hydrogen (secondary N) is 2. The number of hydrogen-bond acceptors (Lipinski definition) is 4. The normalized spacial score (nSPS) is 10.9. The molecular weight excluding hydrogens is 244 g/mol. The minimum absolute atomic E-state index is 0.836. The highest BCUT2D eigenvalue weighted by Crippen LogP contribution is 2.25. The molecule has 3 rings (SSSR count). The van der Waals surface area contributed by atoms with Crippen LogP contribution in [0, 0.1) is 0 Å². The van der Waals surface area contributed by atoms with Gasteiger partial charge in [-0.25, -0.2) is 9.97 Å². The summed E-state index contributed by atoms with van der Waals surface area (Å²) in [6, 6.07) is 6.18. The highest BCUT2D eigenvalue weighted by Gasteiger charge is 2.05. The first-order chi connectivity index (χ1) is 8.86. The van der Waals surface area contributed by atoms with E-state index in [2.05, 4.69) is 39.3 Å². The van der Waals surface area contributed by atoms with Crippen LogP contribution in [0.1, 0.15) is 13.3 Å². The SMILES string of the molecule is CCCNc1nc2ccc(-c3nccs3)cc2[nH]1. The van der Waals surface area contributed by atoms with Gasteiger partial charge in [0.2, 0.25) is 5.95 Å². The van der Waals surface area contributed by atoms with E-state index in [-0.39, 0.29) is 0 Å². The molecule has 0 radical (unpaired) electrons. The van der Waals surface area contributed by atoms with Gasteiger partial charge >= 0.3 is 0 Å². The summed E-state index contributed by atoms with van der Waals surface area (Å²) < 4.78 is 0. The Morgan fingerprint density at radius 1 is 1.39 bits per heavy atom. The molecule has 2 N–H and O–H groups in total. The fourth-order valence-corrected chi connectivity index (χ4v) is 2.47. The molecule has 4 nitrogen and oxygen atoms in total. The number of nitrogens with zero attached hydrogens (tertiary/aromatic N) is 2. The number of fused-ring (bicyclic) bond motifs is 1. The van der Waals surface area contributed by atoms with E-state index < -0.39 is 0 Å². The van der Waals surface area contributed by atoms with E-state index in [0.717, 1.165) is 40.5 Å². The Bertz CT molecular complexity index is 642. The molecule has 18 heavy (non-hydrogen) atoms. The lowest BCUT2D eigenvalue weighted by molar-refractivity contribution is 0.964. The second-order valence-electron chi connectivity index (χ2n) is 4.08. The van der Waals surface area contributed by atoms with Gasteiger partial charge in [-0.3, -0.25) is 0 Å². The van der Waals surface area contributed by atoms with Gasteiger partial charge in [0.15, 0.2) is 0 Å². The monoisotopic (exact) mass is 258 g/mol. The molecule has 2 aromatic heterocycles. The number of thiazole rings is 1. The molecule has 0 saturated heterocycles. The van der Waals surface area contributed by atoms with Crippen LogP contribution in [-0.4, -0.2) is 21.5 Å². The molecule has 0 saturated carbocycles. The lowest BCUT2D eigenvalue weighted by Gasteiger charge is -1.97. The number of imidazole rings is 1. The minimum atomic E-state index is 0.836. The standard InChI is InChI=1S/C13H14N4S/c1-2-5-15-13-16-10-4-3-9(8-11(10)17-13)12-14-6-7-18-12/h3-4,6-8H,2,5H2,1H3,(H2,15,16,17). The second kappa shape index (κ2) is 4.78. The summed E-state index contributed by atoms with van der Waals surface area (Å²) in [5.74, 6) is 0.836. The number of aromatic nitrogens is 3. The zero-order chi connectivity index (χ0) is 12.4. The van der Waals surface area contributed by atoms with E-state index in [1.54, 1.807) is 11.3 Å². The molecule has 1 aromatic carbocycles. The van der Waals surface area contributed by atoms with Gasteiger partial charge in [0, 0.05) is 23.7 Å². The van der Waals surface area contributed by atoms with Gasteiger partial charge in [-0.15, -0.1) is 11.3 Å². The van der Waals surface area contributed by atoms with Gasteiger partial charge < -0.3 is 10.3 Å². The Balaban J connectivity index is 1.96. The van der Waals surface area contributed by atoms with E-state index in [0.29, 0.717) is 0 Å². The highest BCUT2D eigenvalue weighted by molar-refractivity contribution is 7.13. The number of aromatic amines is 1. The van der Waals surface area contributed by atoms with Crippen molar-refractivity contribution in [2.24, 2.45) is 0 Å². The van der Waals surface area contributed by atoms with Crippen molar-refractivity contribution in [2.75, 3.05) is 11.9 Å². The Labute approximate surface area is 109 Å². The Hall–Kier alpha value is -1.88. The number of anilines is 1. The van der Waals surface area contributed by atoms with Crippen molar-refractivity contribution in [3.8, 4) is 10.6 Å². The molecule has 0 aliphatic heterocycles. The number of hydrogen-bond donors (Lipinski definition) is 2. The molecule has 0 unspecified atom stereocenters. The minimum Gasteiger partial charge on any atom is -0.356 e. The summed E-state index contributed by atoms with van der Waals surface area (Å²) >= 11 is 1.64. The molecule has 0 fully saturated rings. The molecule has 0 aliphatic rings. The van der Waals surface area contributed by atoms with Crippen LogP contribution >= 0.6 is 11.3 Å². The lowest BCUT2D eigenvalue weighted by atomic mass is 10.2. The molecule has 5 heteroatoms. The van der Waals surface area contributed by atoms with Gasteiger partial charge in [0.25, 0.3) is 0 Å². The molecule has 0 amide bonds. The summed E-state index contributed by atoms with van der Waals surface area (Å²) in [7, 11) is 0. The smallest absolute Gasteiger partial charge is 0.201 e. The fourth-order valence-electron chi connectivity index (χ4n) is 1.84. The maximum absolute atomic E-state index is 4.49. The van der Waals surface area contributed by atoms with Crippen LogP contribution in [0.3, 0.4) is 0 Å². The molecule has 0 bridgehead atoms. The zero-order valence-electron chi connectivity index (χ0n) is 10.1. The van der Waals surface area contributed by atoms with Gasteiger partial charge in [-0.05, 0) is 24.6 Å². The van der Waals surface area contributed by atoms with E-state index >= 15 is 0 Å². The van der Waals surface area contributed by atoms with Crippen molar-refractivity contribution >= 4 is 28.3 Å². The second-order valence-corrected chi connectivity index (χ2v) is 4.98. The number of benzene rings is 1. The third kappa shape index (κ3) is 2.09. The summed E-state index contributed by atoms with van der Waals surface area (Å²) in [6.07, 6.45) is 2.91. The van der Waals surface area contributed by atoms with Crippen LogP contribution in [0.4, 0.5) is 5.95 Å². The third-order valence-corrected chi connectivity index (χ3v) is 3.53. The molecule has 0 aliphatic carbocycles. The molecular formula is C13H14N4S. The van der Waals surface area contributed by atoms with Gasteiger partial charge in [0.05, 0.1) is 11.0 Å². The third-order valence-electron chi connectivity index (χ3n) is 2.70. The average molecular weight is 258 g/mol. The van der Waals surface area contributed by atoms with Crippen molar-refractivity contribution in [3.63, 3.8) is 0 Å². The van der Waals surface area contributed by atoms with Crippen molar-refractivity contribution in [3.05, 3.63) is 29.8 Å². The van der Waals surface area contributed by atoms with E-state index in [9.17, 15) is 0 Å². The van der Waals surface area contributed by atoms with Gasteiger partial charge in [0.1, 0.15) is 5.01 Å². The highest BCUT2D eigenvalue weighted by atomic mass is 32.1. The molecule has 0 spiro atoms. The summed E-state index contributed by atoms with van der Waals surface area (Å²) in [6.45, 7) is 3.06. The van der Waals surface area contributed by atoms with E-state index in [1.807, 2.05) is 17.6 Å². The van der Waals surface area contributed by atoms with Crippen LogP contribution in [0.2, 0.25) is 0 Å². The van der Waals surface area contributed by atoms with Crippen LogP contribution in [0.15, 0.2) is 29.8 Å². The maximum atomic E-state index is 4.49. The van der Waals surface area contributed by atoms with E-state index in [4.69, 9.17) is 0 Å². The first kappa shape index (κ1) is 11.2. The molecule has 92 valence electrons. The quantitative estimate of drug-likeness (QED) is 0.753. The zero-order valence-corrected chi connectivity index (χ0v) is 10.9. The Morgan fingerprint density at radius 2 is 2.33 bits per heavy atom. The van der Waals surface area contributed by atoms with Gasteiger partial charge in [-0.1, -0.05) is 6.92 Å². The van der Waals surface area contributed by atoms with Crippen molar-refractivity contribution < 1.29 is 0 Å². The predicted molar refractivity (Wildman–Crippen MR) is 76.0 cm³/mol. The topological polar surface area (TPSA) is 53.6 Å². The molecule has 0 atom stereocenters. The van der Waals surface area contributed by atoms with Crippen molar-refractivity contribution in [2.45, 2.75) is 13.3 Å². The average Bonchev–Trinajstić information content (AvgIpc) is 3.03. The van der Waals surface area contributed by atoms with Crippen molar-refractivity contribution in [1.82, 2.24) is 15.0 Å². The lowest BCUT2D eigenvalue weighted by Crippen LogP contribution is -2.00. The predicted octanol–water partition coefficient (Wildman–Crippen LogP) is 3.51. The summed E-state index contributed by atoms with van der Waals surface area (Å²) in [5.41, 5.74) is 3.15.